The van der Waals surface area contributed by atoms with E-state index in [1.54, 1.807) is 18.9 Å². The Morgan fingerprint density at radius 3 is 2.56 bits per heavy atom. The topological polar surface area (TPSA) is 40.5 Å². The molecule has 0 spiro atoms. The molecule has 1 unspecified atom stereocenters. The van der Waals surface area contributed by atoms with Gasteiger partial charge in [0.05, 0.1) is 6.10 Å². The molecule has 0 aromatic heterocycles. The Morgan fingerprint density at radius 1 is 1.44 bits per heavy atom. The molecular formula is C13H19NO2. The molecule has 0 radical (unpaired) electrons. The first-order valence-electron chi connectivity index (χ1n) is 5.42. The van der Waals surface area contributed by atoms with Crippen molar-refractivity contribution in [1.29, 1.82) is 0 Å². The SMILES string of the molecule is Cc1ccc(C(=O)N(C)CC(C)O)c(C)c1. The van der Waals surface area contributed by atoms with E-state index >= 15 is 0 Å². The summed E-state index contributed by atoms with van der Waals surface area (Å²) in [5.74, 6) is -0.0431. The van der Waals surface area contributed by atoms with Gasteiger partial charge in [0.15, 0.2) is 0 Å². The van der Waals surface area contributed by atoms with Gasteiger partial charge in [-0.25, -0.2) is 0 Å². The minimum absolute atomic E-state index is 0.0431. The molecule has 0 aliphatic heterocycles. The summed E-state index contributed by atoms with van der Waals surface area (Å²) in [6, 6.07) is 5.76. The van der Waals surface area contributed by atoms with E-state index in [9.17, 15) is 9.90 Å². The van der Waals surface area contributed by atoms with Crippen LogP contribution in [0.4, 0.5) is 0 Å². The number of likely N-dealkylation sites (N-methyl/N-ethyl adjacent to an activating group) is 1. The number of aryl methyl sites for hydroxylation is 2. The second-order valence-corrected chi connectivity index (χ2v) is 4.35. The van der Waals surface area contributed by atoms with Crippen LogP contribution in [0.1, 0.15) is 28.4 Å². The zero-order valence-electron chi connectivity index (χ0n) is 10.3. The van der Waals surface area contributed by atoms with Gasteiger partial charge in [-0.3, -0.25) is 4.79 Å². The molecule has 1 aromatic carbocycles. The Morgan fingerprint density at radius 2 is 2.06 bits per heavy atom. The van der Waals surface area contributed by atoms with Crippen molar-refractivity contribution in [3.05, 3.63) is 34.9 Å². The summed E-state index contributed by atoms with van der Waals surface area (Å²) in [5.41, 5.74) is 2.82. The standard InChI is InChI=1S/C13H19NO2/c1-9-5-6-12(10(2)7-9)13(16)14(4)8-11(3)15/h5-7,11,15H,8H2,1-4H3. The maximum Gasteiger partial charge on any atom is 0.253 e. The number of hydrogen-bond donors (Lipinski definition) is 1. The minimum atomic E-state index is -0.500. The third-order valence-electron chi connectivity index (χ3n) is 2.50. The molecule has 1 atom stereocenters. The number of rotatable bonds is 3. The fourth-order valence-corrected chi connectivity index (χ4v) is 1.74. The lowest BCUT2D eigenvalue weighted by molar-refractivity contribution is 0.0703. The number of amides is 1. The predicted molar refractivity (Wildman–Crippen MR) is 64.6 cm³/mol. The Hall–Kier alpha value is -1.35. The number of benzene rings is 1. The molecule has 3 heteroatoms. The van der Waals surface area contributed by atoms with Gasteiger partial charge in [-0.1, -0.05) is 17.7 Å². The van der Waals surface area contributed by atoms with Gasteiger partial charge in [0.1, 0.15) is 0 Å². The normalized spacial score (nSPS) is 12.3. The summed E-state index contributed by atoms with van der Waals surface area (Å²) in [6.45, 7) is 5.95. The van der Waals surface area contributed by atoms with E-state index < -0.39 is 6.10 Å². The number of aliphatic hydroxyl groups excluding tert-OH is 1. The van der Waals surface area contributed by atoms with E-state index in [0.717, 1.165) is 11.1 Å². The molecule has 0 heterocycles. The predicted octanol–water partition coefficient (Wildman–Crippen LogP) is 1.76. The number of hydrogen-bond acceptors (Lipinski definition) is 2. The number of aliphatic hydroxyl groups is 1. The van der Waals surface area contributed by atoms with Gasteiger partial charge in [0, 0.05) is 19.2 Å². The van der Waals surface area contributed by atoms with Crippen LogP contribution in [0, 0.1) is 13.8 Å². The Labute approximate surface area is 96.7 Å². The fraction of sp³-hybridized carbons (Fsp3) is 0.462. The summed E-state index contributed by atoms with van der Waals surface area (Å²) < 4.78 is 0. The van der Waals surface area contributed by atoms with Crippen LogP contribution in [0.5, 0.6) is 0 Å². The van der Waals surface area contributed by atoms with Gasteiger partial charge in [-0.05, 0) is 32.4 Å². The Kier molecular flexibility index (Phi) is 4.07. The molecule has 0 aliphatic carbocycles. The Bertz CT molecular complexity index is 386. The van der Waals surface area contributed by atoms with Crippen LogP contribution in [-0.2, 0) is 0 Å². The second kappa shape index (κ2) is 5.12. The average molecular weight is 221 g/mol. The molecule has 16 heavy (non-hydrogen) atoms. The molecular weight excluding hydrogens is 202 g/mol. The maximum absolute atomic E-state index is 12.0. The first-order valence-corrected chi connectivity index (χ1v) is 5.42. The van der Waals surface area contributed by atoms with Gasteiger partial charge >= 0.3 is 0 Å². The van der Waals surface area contributed by atoms with Crippen LogP contribution < -0.4 is 0 Å². The van der Waals surface area contributed by atoms with Crippen molar-refractivity contribution in [3.8, 4) is 0 Å². The van der Waals surface area contributed by atoms with Crippen molar-refractivity contribution >= 4 is 5.91 Å². The molecule has 1 rings (SSSR count). The zero-order chi connectivity index (χ0) is 12.3. The fourth-order valence-electron chi connectivity index (χ4n) is 1.74. The highest BCUT2D eigenvalue weighted by molar-refractivity contribution is 5.95. The zero-order valence-corrected chi connectivity index (χ0v) is 10.3. The molecule has 0 saturated carbocycles. The van der Waals surface area contributed by atoms with Crippen LogP contribution in [0.15, 0.2) is 18.2 Å². The number of carbonyl (C=O) groups excluding carboxylic acids is 1. The molecule has 88 valence electrons. The summed E-state index contributed by atoms with van der Waals surface area (Å²) in [6.07, 6.45) is -0.500. The molecule has 1 amide bonds. The van der Waals surface area contributed by atoms with Crippen LogP contribution in [0.2, 0.25) is 0 Å². The summed E-state index contributed by atoms with van der Waals surface area (Å²) >= 11 is 0. The van der Waals surface area contributed by atoms with E-state index in [4.69, 9.17) is 0 Å². The van der Waals surface area contributed by atoms with Crippen molar-refractivity contribution in [1.82, 2.24) is 4.90 Å². The highest BCUT2D eigenvalue weighted by Gasteiger charge is 2.15. The maximum atomic E-state index is 12.0. The van der Waals surface area contributed by atoms with Crippen LogP contribution in [0.25, 0.3) is 0 Å². The number of nitrogens with zero attached hydrogens (tertiary/aromatic N) is 1. The van der Waals surface area contributed by atoms with E-state index in [2.05, 4.69) is 0 Å². The van der Waals surface area contributed by atoms with E-state index in [0.29, 0.717) is 12.1 Å². The Balaban J connectivity index is 2.88. The highest BCUT2D eigenvalue weighted by atomic mass is 16.3. The monoisotopic (exact) mass is 221 g/mol. The van der Waals surface area contributed by atoms with Gasteiger partial charge in [0.25, 0.3) is 5.91 Å². The highest BCUT2D eigenvalue weighted by Crippen LogP contribution is 2.12. The first-order chi connectivity index (χ1) is 7.41. The lowest BCUT2D eigenvalue weighted by atomic mass is 10.0. The summed E-state index contributed by atoms with van der Waals surface area (Å²) in [7, 11) is 1.70. The van der Waals surface area contributed by atoms with Crippen molar-refractivity contribution in [2.75, 3.05) is 13.6 Å². The van der Waals surface area contributed by atoms with Crippen LogP contribution >= 0.6 is 0 Å². The van der Waals surface area contributed by atoms with E-state index in [-0.39, 0.29) is 5.91 Å². The first kappa shape index (κ1) is 12.7. The molecule has 0 saturated heterocycles. The van der Waals surface area contributed by atoms with E-state index in [1.165, 1.54) is 0 Å². The van der Waals surface area contributed by atoms with Gasteiger partial charge in [0.2, 0.25) is 0 Å². The molecule has 0 aliphatic rings. The van der Waals surface area contributed by atoms with Crippen LogP contribution in [0.3, 0.4) is 0 Å². The summed E-state index contributed by atoms with van der Waals surface area (Å²) in [4.78, 5) is 13.6. The van der Waals surface area contributed by atoms with Gasteiger partial charge < -0.3 is 10.0 Å². The lowest BCUT2D eigenvalue weighted by Gasteiger charge is -2.19. The average Bonchev–Trinajstić information content (AvgIpc) is 2.15. The largest absolute Gasteiger partial charge is 0.392 e. The third-order valence-corrected chi connectivity index (χ3v) is 2.50. The lowest BCUT2D eigenvalue weighted by Crippen LogP contribution is -2.33. The second-order valence-electron chi connectivity index (χ2n) is 4.35. The smallest absolute Gasteiger partial charge is 0.253 e. The van der Waals surface area contributed by atoms with Gasteiger partial charge in [-0.15, -0.1) is 0 Å². The molecule has 3 nitrogen and oxygen atoms in total. The van der Waals surface area contributed by atoms with Crippen molar-refractivity contribution in [2.45, 2.75) is 26.9 Å². The molecule has 1 N–H and O–H groups in total. The van der Waals surface area contributed by atoms with E-state index in [1.807, 2.05) is 32.0 Å². The third kappa shape index (κ3) is 3.07. The van der Waals surface area contributed by atoms with Crippen molar-refractivity contribution in [2.24, 2.45) is 0 Å². The molecule has 0 fully saturated rings. The molecule has 0 bridgehead atoms. The minimum Gasteiger partial charge on any atom is -0.392 e. The van der Waals surface area contributed by atoms with Crippen molar-refractivity contribution < 1.29 is 9.90 Å². The number of carbonyl (C=O) groups is 1. The van der Waals surface area contributed by atoms with Crippen LogP contribution in [-0.4, -0.2) is 35.6 Å². The summed E-state index contributed by atoms with van der Waals surface area (Å²) in [5, 5.41) is 9.24. The van der Waals surface area contributed by atoms with Gasteiger partial charge in [-0.2, -0.15) is 0 Å². The quantitative estimate of drug-likeness (QED) is 0.845. The molecule has 1 aromatic rings. The van der Waals surface area contributed by atoms with Crippen molar-refractivity contribution in [3.63, 3.8) is 0 Å².